The molecule has 166 valence electrons. The Morgan fingerprint density at radius 1 is 0.938 bits per heavy atom. The smallest absolute Gasteiger partial charge is 0.369 e. The van der Waals surface area contributed by atoms with E-state index in [4.69, 9.17) is 0 Å². The second-order valence-corrected chi connectivity index (χ2v) is 7.81. The molecule has 3 aromatic rings. The number of hydrogen-bond acceptors (Lipinski definition) is 3. The van der Waals surface area contributed by atoms with Gasteiger partial charge in [-0.1, -0.05) is 24.3 Å². The lowest BCUT2D eigenvalue weighted by molar-refractivity contribution is -0.137. The first-order valence-corrected chi connectivity index (χ1v) is 10.5. The summed E-state index contributed by atoms with van der Waals surface area (Å²) in [4.78, 5) is 15.3. The zero-order valence-electron chi connectivity index (χ0n) is 17.7. The predicted molar refractivity (Wildman–Crippen MR) is 121 cm³/mol. The van der Waals surface area contributed by atoms with E-state index in [0.29, 0.717) is 22.4 Å². The van der Waals surface area contributed by atoms with Gasteiger partial charge in [0.2, 0.25) is 0 Å². The highest BCUT2D eigenvalue weighted by atomic mass is 19.4. The topological polar surface area (TPSA) is 44.4 Å². The molecule has 2 N–H and O–H groups in total. The number of piperazine rings is 1. The molecule has 0 saturated carbocycles. The molecule has 0 spiro atoms. The van der Waals surface area contributed by atoms with E-state index in [1.54, 1.807) is 12.1 Å². The number of halogens is 3. The van der Waals surface area contributed by atoms with Crippen LogP contribution in [0, 0.1) is 6.92 Å². The fourth-order valence-electron chi connectivity index (χ4n) is 3.94. The Balaban J connectivity index is 1.56. The number of amides is 1. The summed E-state index contributed by atoms with van der Waals surface area (Å²) in [5, 5.41) is 6.23. The molecule has 1 aliphatic rings. The van der Waals surface area contributed by atoms with Crippen molar-refractivity contribution in [2.45, 2.75) is 13.1 Å². The summed E-state index contributed by atoms with van der Waals surface area (Å²) in [6, 6.07) is 17.9. The first-order chi connectivity index (χ1) is 15.3. The van der Waals surface area contributed by atoms with E-state index in [9.17, 15) is 18.0 Å². The maximum absolute atomic E-state index is 13.1. The number of hydrogen-bond donors (Lipinski definition) is 2. The van der Waals surface area contributed by atoms with Crippen molar-refractivity contribution in [1.29, 1.82) is 0 Å². The number of aryl methyl sites for hydroxylation is 1. The molecular weight excluding hydrogens is 415 g/mol. The Morgan fingerprint density at radius 3 is 2.22 bits per heavy atom. The van der Waals surface area contributed by atoms with E-state index in [-0.39, 0.29) is 5.91 Å². The van der Waals surface area contributed by atoms with Crippen LogP contribution in [0.25, 0.3) is 11.1 Å². The third kappa shape index (κ3) is 4.78. The summed E-state index contributed by atoms with van der Waals surface area (Å²) in [5.41, 5.74) is 3.46. The lowest BCUT2D eigenvalue weighted by Gasteiger charge is -2.29. The minimum atomic E-state index is -4.40. The number of alkyl halides is 3. The van der Waals surface area contributed by atoms with Crippen LogP contribution >= 0.6 is 0 Å². The molecule has 4 rings (SSSR count). The maximum Gasteiger partial charge on any atom is 0.416 e. The number of rotatable bonds is 4. The van der Waals surface area contributed by atoms with Gasteiger partial charge in [-0.25, -0.2) is 0 Å². The van der Waals surface area contributed by atoms with Crippen molar-refractivity contribution < 1.29 is 18.0 Å². The third-order valence-corrected chi connectivity index (χ3v) is 5.63. The van der Waals surface area contributed by atoms with E-state index < -0.39 is 11.7 Å². The molecule has 0 atom stereocenters. The van der Waals surface area contributed by atoms with Gasteiger partial charge in [-0.15, -0.1) is 0 Å². The summed E-state index contributed by atoms with van der Waals surface area (Å²) in [5.74, 6) is -0.307. The molecule has 0 aromatic heterocycles. The van der Waals surface area contributed by atoms with Crippen LogP contribution in [0.4, 0.5) is 24.5 Å². The van der Waals surface area contributed by atoms with Crippen LogP contribution in [-0.4, -0.2) is 32.1 Å². The van der Waals surface area contributed by atoms with E-state index >= 15 is 0 Å². The lowest BCUT2D eigenvalue weighted by Crippen LogP contribution is -2.43. The van der Waals surface area contributed by atoms with Gasteiger partial charge in [-0.05, 0) is 66.1 Å². The van der Waals surface area contributed by atoms with Gasteiger partial charge < -0.3 is 15.5 Å². The minimum Gasteiger partial charge on any atom is -0.369 e. The number of nitrogens with one attached hydrogen (secondary N) is 2. The number of carbonyl (C=O) groups is 1. The molecule has 1 aliphatic heterocycles. The highest BCUT2D eigenvalue weighted by Gasteiger charge is 2.30. The lowest BCUT2D eigenvalue weighted by atomic mass is 9.94. The summed E-state index contributed by atoms with van der Waals surface area (Å²) in [6.07, 6.45) is -4.40. The predicted octanol–water partition coefficient (Wildman–Crippen LogP) is 5.34. The summed E-state index contributed by atoms with van der Waals surface area (Å²) >= 11 is 0. The van der Waals surface area contributed by atoms with Crippen LogP contribution in [0.15, 0.2) is 66.7 Å². The van der Waals surface area contributed by atoms with E-state index in [1.165, 1.54) is 12.1 Å². The third-order valence-electron chi connectivity index (χ3n) is 5.63. The van der Waals surface area contributed by atoms with Gasteiger partial charge in [-0.2, -0.15) is 13.2 Å². The molecule has 0 bridgehead atoms. The Bertz CT molecular complexity index is 1090. The Kier molecular flexibility index (Phi) is 6.19. The fraction of sp³-hybridized carbons (Fsp3) is 0.240. The first-order valence-electron chi connectivity index (χ1n) is 10.5. The summed E-state index contributed by atoms with van der Waals surface area (Å²) in [6.45, 7) is 5.60. The van der Waals surface area contributed by atoms with Gasteiger partial charge in [0, 0.05) is 43.1 Å². The molecule has 1 saturated heterocycles. The maximum atomic E-state index is 13.1. The summed E-state index contributed by atoms with van der Waals surface area (Å²) < 4.78 is 38.8. The highest BCUT2D eigenvalue weighted by molar-refractivity contribution is 6.09. The van der Waals surface area contributed by atoms with Crippen LogP contribution < -0.4 is 15.5 Å². The average Bonchev–Trinajstić information content (AvgIpc) is 2.79. The minimum absolute atomic E-state index is 0.307. The number of anilines is 2. The van der Waals surface area contributed by atoms with Gasteiger partial charge >= 0.3 is 6.18 Å². The Labute approximate surface area is 185 Å². The van der Waals surface area contributed by atoms with Crippen molar-refractivity contribution in [2.75, 3.05) is 36.4 Å². The normalized spacial score (nSPS) is 14.3. The first kappa shape index (κ1) is 21.9. The van der Waals surface area contributed by atoms with Crippen LogP contribution in [-0.2, 0) is 6.18 Å². The molecule has 1 fully saturated rings. The van der Waals surface area contributed by atoms with Crippen LogP contribution in [0.2, 0.25) is 0 Å². The van der Waals surface area contributed by atoms with Crippen LogP contribution in [0.3, 0.4) is 0 Å². The second-order valence-electron chi connectivity index (χ2n) is 7.81. The van der Waals surface area contributed by atoms with Gasteiger partial charge in [-0.3, -0.25) is 4.79 Å². The summed E-state index contributed by atoms with van der Waals surface area (Å²) in [7, 11) is 0. The monoisotopic (exact) mass is 439 g/mol. The van der Waals surface area contributed by atoms with Gasteiger partial charge in [0.25, 0.3) is 5.91 Å². The molecule has 1 amide bonds. The Hall–Kier alpha value is -3.32. The molecule has 32 heavy (non-hydrogen) atoms. The number of benzene rings is 3. The van der Waals surface area contributed by atoms with Crippen molar-refractivity contribution in [1.82, 2.24) is 5.32 Å². The van der Waals surface area contributed by atoms with E-state index in [1.807, 2.05) is 37.3 Å². The number of nitrogens with zero attached hydrogens (tertiary/aromatic N) is 1. The van der Waals surface area contributed by atoms with E-state index in [0.717, 1.165) is 49.6 Å². The van der Waals surface area contributed by atoms with Gasteiger partial charge in [0.05, 0.1) is 5.56 Å². The molecule has 4 nitrogen and oxygen atoms in total. The quantitative estimate of drug-likeness (QED) is 0.577. The molecule has 0 radical (unpaired) electrons. The molecule has 3 aromatic carbocycles. The molecular formula is C25H24F3N3O. The standard InChI is InChI=1S/C25H24F3N3O/c1-17-3-2-4-22(23(17)18-5-7-19(8-6-18)25(26,27)28)24(32)30-20-9-11-21(12-10-20)31-15-13-29-14-16-31/h2-12,29H,13-16H2,1H3,(H,30,32). The zero-order valence-corrected chi connectivity index (χ0v) is 17.7. The van der Waals surface area contributed by atoms with Crippen molar-refractivity contribution >= 4 is 17.3 Å². The Morgan fingerprint density at radius 2 is 1.59 bits per heavy atom. The van der Waals surface area contributed by atoms with Crippen molar-refractivity contribution in [3.8, 4) is 11.1 Å². The van der Waals surface area contributed by atoms with Crippen molar-refractivity contribution in [2.24, 2.45) is 0 Å². The molecule has 0 unspecified atom stereocenters. The largest absolute Gasteiger partial charge is 0.416 e. The van der Waals surface area contributed by atoms with Gasteiger partial charge in [0.1, 0.15) is 0 Å². The molecule has 7 heteroatoms. The van der Waals surface area contributed by atoms with Crippen molar-refractivity contribution in [3.63, 3.8) is 0 Å². The number of carbonyl (C=O) groups excluding carboxylic acids is 1. The second kappa shape index (κ2) is 9.04. The van der Waals surface area contributed by atoms with Crippen LogP contribution in [0.5, 0.6) is 0 Å². The molecule has 0 aliphatic carbocycles. The SMILES string of the molecule is Cc1cccc(C(=O)Nc2ccc(N3CCNCC3)cc2)c1-c1ccc(C(F)(F)F)cc1. The fourth-order valence-corrected chi connectivity index (χ4v) is 3.94. The zero-order chi connectivity index (χ0) is 22.7. The van der Waals surface area contributed by atoms with Crippen LogP contribution in [0.1, 0.15) is 21.5 Å². The average molecular weight is 439 g/mol. The van der Waals surface area contributed by atoms with Gasteiger partial charge in [0.15, 0.2) is 0 Å². The van der Waals surface area contributed by atoms with E-state index in [2.05, 4.69) is 15.5 Å². The highest BCUT2D eigenvalue weighted by Crippen LogP contribution is 2.33. The molecule has 1 heterocycles. The van der Waals surface area contributed by atoms with Crippen molar-refractivity contribution in [3.05, 3.63) is 83.4 Å².